The van der Waals surface area contributed by atoms with Crippen molar-refractivity contribution in [3.63, 3.8) is 0 Å². The summed E-state index contributed by atoms with van der Waals surface area (Å²) in [6.45, 7) is -1.71. The molecular formula is C15H13F2NO4S. The quantitative estimate of drug-likeness (QED) is 0.819. The largest absolute Gasteiger partial charge is 0.433 e. The molecule has 2 rings (SSSR count). The summed E-state index contributed by atoms with van der Waals surface area (Å²) in [7, 11) is -4.00. The second-order valence-electron chi connectivity index (χ2n) is 4.56. The topological polar surface area (TPSA) is 72.5 Å². The van der Waals surface area contributed by atoms with Crippen LogP contribution in [0.3, 0.4) is 0 Å². The normalized spacial score (nSPS) is 11.3. The van der Waals surface area contributed by atoms with Crippen molar-refractivity contribution in [2.45, 2.75) is 18.4 Å². The molecule has 0 spiro atoms. The van der Waals surface area contributed by atoms with Crippen LogP contribution in [-0.4, -0.2) is 20.8 Å². The van der Waals surface area contributed by atoms with Crippen LogP contribution >= 0.6 is 0 Å². The molecule has 0 aliphatic rings. The van der Waals surface area contributed by atoms with Gasteiger partial charge >= 0.3 is 6.61 Å². The predicted molar refractivity (Wildman–Crippen MR) is 80.3 cm³/mol. The number of carbonyl (C=O) groups excluding carboxylic acids is 1. The van der Waals surface area contributed by atoms with E-state index in [4.69, 9.17) is 0 Å². The first-order chi connectivity index (χ1) is 10.8. The van der Waals surface area contributed by atoms with Gasteiger partial charge in [-0.15, -0.1) is 0 Å². The molecule has 5 nitrogen and oxygen atoms in total. The third-order valence-electron chi connectivity index (χ3n) is 2.92. The average Bonchev–Trinajstić information content (AvgIpc) is 2.48. The van der Waals surface area contributed by atoms with Gasteiger partial charge in [0.2, 0.25) is 0 Å². The average molecular weight is 341 g/mol. The number of Topliss-reactive ketones (excluding diaryl/α,β-unsaturated/α-hetero) is 1. The number of carbonyl (C=O) groups is 1. The second kappa shape index (κ2) is 6.74. The summed E-state index contributed by atoms with van der Waals surface area (Å²) in [6, 6.07) is 10.7. The van der Waals surface area contributed by atoms with Crippen LogP contribution in [0, 0.1) is 0 Å². The van der Waals surface area contributed by atoms with Gasteiger partial charge in [0.15, 0.2) is 5.78 Å². The van der Waals surface area contributed by atoms with Crippen LogP contribution in [0.2, 0.25) is 0 Å². The Bertz CT molecular complexity index is 804. The number of rotatable bonds is 6. The van der Waals surface area contributed by atoms with E-state index in [-0.39, 0.29) is 22.1 Å². The van der Waals surface area contributed by atoms with Gasteiger partial charge in [0, 0.05) is 5.56 Å². The maximum atomic E-state index is 12.3. The summed E-state index contributed by atoms with van der Waals surface area (Å²) in [5.41, 5.74) is 0.258. The summed E-state index contributed by atoms with van der Waals surface area (Å²) in [6.07, 6.45) is 0. The van der Waals surface area contributed by atoms with E-state index in [0.29, 0.717) is 5.56 Å². The van der Waals surface area contributed by atoms with Crippen molar-refractivity contribution < 1.29 is 26.7 Å². The van der Waals surface area contributed by atoms with Gasteiger partial charge in [-0.2, -0.15) is 8.78 Å². The summed E-state index contributed by atoms with van der Waals surface area (Å²) >= 11 is 0. The molecule has 2 aromatic rings. The number of hydrogen-bond acceptors (Lipinski definition) is 4. The van der Waals surface area contributed by atoms with E-state index in [1.807, 2.05) is 0 Å². The number of halogens is 2. The molecule has 0 bridgehead atoms. The zero-order chi connectivity index (χ0) is 17.0. The lowest BCUT2D eigenvalue weighted by Crippen LogP contribution is -2.14. The Morgan fingerprint density at radius 2 is 1.70 bits per heavy atom. The van der Waals surface area contributed by atoms with E-state index >= 15 is 0 Å². The lowest BCUT2D eigenvalue weighted by Gasteiger charge is -2.13. The number of alkyl halides is 2. The Hall–Kier alpha value is -2.48. The van der Waals surface area contributed by atoms with E-state index < -0.39 is 16.6 Å². The number of anilines is 1. The van der Waals surface area contributed by atoms with E-state index in [1.165, 1.54) is 55.5 Å². The van der Waals surface area contributed by atoms with Crippen molar-refractivity contribution >= 4 is 21.5 Å². The number of sulfonamides is 1. The van der Waals surface area contributed by atoms with Crippen LogP contribution in [0.25, 0.3) is 0 Å². The second-order valence-corrected chi connectivity index (χ2v) is 6.24. The first-order valence-electron chi connectivity index (χ1n) is 6.47. The van der Waals surface area contributed by atoms with Crippen molar-refractivity contribution in [3.8, 4) is 5.75 Å². The van der Waals surface area contributed by atoms with Gasteiger partial charge < -0.3 is 4.74 Å². The maximum absolute atomic E-state index is 12.3. The highest BCUT2D eigenvalue weighted by Gasteiger charge is 2.18. The molecule has 2 aromatic carbocycles. The molecule has 0 amide bonds. The summed E-state index contributed by atoms with van der Waals surface area (Å²) < 4.78 is 55.7. The number of ether oxygens (including phenoxy) is 1. The van der Waals surface area contributed by atoms with Gasteiger partial charge in [0.25, 0.3) is 10.0 Å². The van der Waals surface area contributed by atoms with E-state index in [0.717, 1.165) is 0 Å². The van der Waals surface area contributed by atoms with Crippen LogP contribution in [0.4, 0.5) is 14.5 Å². The molecule has 0 fully saturated rings. The molecule has 1 N–H and O–H groups in total. The predicted octanol–water partition coefficient (Wildman–Crippen LogP) is 3.29. The Labute approximate surface area is 132 Å². The molecule has 0 atom stereocenters. The summed E-state index contributed by atoms with van der Waals surface area (Å²) in [4.78, 5) is 11.1. The van der Waals surface area contributed by atoms with Crippen molar-refractivity contribution in [2.75, 3.05) is 4.72 Å². The maximum Gasteiger partial charge on any atom is 0.387 e. The van der Waals surface area contributed by atoms with Crippen molar-refractivity contribution in [1.82, 2.24) is 0 Å². The first kappa shape index (κ1) is 16.9. The van der Waals surface area contributed by atoms with Crippen LogP contribution in [-0.2, 0) is 10.0 Å². The summed E-state index contributed by atoms with van der Waals surface area (Å²) in [5, 5.41) is 0. The van der Waals surface area contributed by atoms with Crippen LogP contribution < -0.4 is 9.46 Å². The third-order valence-corrected chi connectivity index (χ3v) is 4.30. The van der Waals surface area contributed by atoms with E-state index in [2.05, 4.69) is 9.46 Å². The summed E-state index contributed by atoms with van der Waals surface area (Å²) in [5.74, 6) is -0.482. The molecule has 0 unspecified atom stereocenters. The van der Waals surface area contributed by atoms with Crippen molar-refractivity contribution in [3.05, 3.63) is 54.1 Å². The van der Waals surface area contributed by atoms with Gasteiger partial charge in [-0.3, -0.25) is 9.52 Å². The van der Waals surface area contributed by atoms with Crippen molar-refractivity contribution in [2.24, 2.45) is 0 Å². The molecule has 0 aliphatic carbocycles. The van der Waals surface area contributed by atoms with Crippen LogP contribution in [0.1, 0.15) is 17.3 Å². The van der Waals surface area contributed by atoms with E-state index in [1.54, 1.807) is 0 Å². The third kappa shape index (κ3) is 4.26. The number of para-hydroxylation sites is 2. The fourth-order valence-corrected chi connectivity index (χ4v) is 2.89. The van der Waals surface area contributed by atoms with Gasteiger partial charge in [-0.25, -0.2) is 8.42 Å². The van der Waals surface area contributed by atoms with E-state index in [9.17, 15) is 22.0 Å². The monoisotopic (exact) mass is 341 g/mol. The molecule has 0 radical (unpaired) electrons. The highest BCUT2D eigenvalue weighted by Crippen LogP contribution is 2.28. The first-order valence-corrected chi connectivity index (χ1v) is 7.95. The number of benzene rings is 2. The van der Waals surface area contributed by atoms with Crippen LogP contribution in [0.5, 0.6) is 5.75 Å². The lowest BCUT2D eigenvalue weighted by atomic mass is 10.2. The lowest BCUT2D eigenvalue weighted by molar-refractivity contribution is -0.0493. The van der Waals surface area contributed by atoms with Gasteiger partial charge in [0.05, 0.1) is 10.6 Å². The molecule has 0 saturated heterocycles. The molecule has 122 valence electrons. The molecule has 0 aromatic heterocycles. The molecule has 23 heavy (non-hydrogen) atoms. The zero-order valence-electron chi connectivity index (χ0n) is 12.0. The molecule has 8 heteroatoms. The number of ketones is 1. The van der Waals surface area contributed by atoms with Crippen LogP contribution in [0.15, 0.2) is 53.4 Å². The molecular weight excluding hydrogens is 328 g/mol. The Kier molecular flexibility index (Phi) is 4.95. The Morgan fingerprint density at radius 1 is 1.09 bits per heavy atom. The standard InChI is InChI=1S/C15H13F2NO4S/c1-10(19)11-6-8-12(9-7-11)23(20,21)18-13-4-2-3-5-14(13)22-15(16)17/h2-9,15,18H,1H3. The number of hydrogen-bond donors (Lipinski definition) is 1. The van der Waals surface area contributed by atoms with Gasteiger partial charge in [0.1, 0.15) is 5.75 Å². The fraction of sp³-hybridized carbons (Fsp3) is 0.133. The van der Waals surface area contributed by atoms with Crippen molar-refractivity contribution in [1.29, 1.82) is 0 Å². The smallest absolute Gasteiger partial charge is 0.387 e. The highest BCUT2D eigenvalue weighted by atomic mass is 32.2. The fourth-order valence-electron chi connectivity index (χ4n) is 1.82. The van der Waals surface area contributed by atoms with Gasteiger partial charge in [-0.05, 0) is 31.2 Å². The highest BCUT2D eigenvalue weighted by molar-refractivity contribution is 7.92. The Balaban J connectivity index is 2.30. The molecule has 0 heterocycles. The Morgan fingerprint density at radius 3 is 2.26 bits per heavy atom. The molecule has 0 saturated carbocycles. The minimum atomic E-state index is -4.00. The molecule has 0 aliphatic heterocycles. The SMILES string of the molecule is CC(=O)c1ccc(S(=O)(=O)Nc2ccccc2OC(F)F)cc1. The minimum Gasteiger partial charge on any atom is -0.433 e. The van der Waals surface area contributed by atoms with Gasteiger partial charge in [-0.1, -0.05) is 24.3 Å². The zero-order valence-corrected chi connectivity index (χ0v) is 12.8. The minimum absolute atomic E-state index is 0.102. The number of nitrogens with one attached hydrogen (secondary N) is 1.